The minimum absolute atomic E-state index is 0.113. The number of carbonyl (C=O) groups excluding carboxylic acids is 1. The molecule has 0 bridgehead atoms. The van der Waals surface area contributed by atoms with E-state index in [1.807, 2.05) is 0 Å². The maximum atomic E-state index is 13.3. The molecule has 0 saturated carbocycles. The van der Waals surface area contributed by atoms with E-state index >= 15 is 0 Å². The number of nitro groups is 1. The molecule has 0 atom stereocenters. The van der Waals surface area contributed by atoms with Gasteiger partial charge in [-0.15, -0.1) is 16.8 Å². The topological polar surface area (TPSA) is 124 Å². The molecule has 0 spiro atoms. The molecule has 1 amide bonds. The molecule has 162 valence electrons. The predicted octanol–water partition coefficient (Wildman–Crippen LogP) is 3.01. The molecule has 0 aliphatic heterocycles. The predicted molar refractivity (Wildman–Crippen MR) is 117 cm³/mol. The van der Waals surface area contributed by atoms with Crippen molar-refractivity contribution >= 4 is 45.7 Å². The van der Waals surface area contributed by atoms with Crippen LogP contribution in [-0.4, -0.2) is 35.7 Å². The number of para-hydroxylation sites is 1. The Kier molecular flexibility index (Phi) is 5.69. The van der Waals surface area contributed by atoms with Crippen LogP contribution in [0.25, 0.3) is 16.7 Å². The number of thioether (sulfide) groups is 1. The molecule has 4 rings (SSSR count). The van der Waals surface area contributed by atoms with Gasteiger partial charge in [0, 0.05) is 6.54 Å². The van der Waals surface area contributed by atoms with Gasteiger partial charge in [0.25, 0.3) is 11.2 Å². The third-order valence-corrected chi connectivity index (χ3v) is 5.48. The zero-order valence-electron chi connectivity index (χ0n) is 16.4. The molecule has 1 N–H and O–H groups in total. The fourth-order valence-electron chi connectivity index (χ4n) is 3.20. The summed E-state index contributed by atoms with van der Waals surface area (Å²) in [5.41, 5.74) is -0.317. The van der Waals surface area contributed by atoms with Crippen LogP contribution in [0, 0.1) is 15.9 Å². The van der Waals surface area contributed by atoms with Crippen LogP contribution in [0.4, 0.5) is 15.8 Å². The van der Waals surface area contributed by atoms with Crippen LogP contribution in [0.15, 0.2) is 65.1 Å². The Balaban J connectivity index is 1.65. The first-order valence-electron chi connectivity index (χ1n) is 9.25. The van der Waals surface area contributed by atoms with Gasteiger partial charge in [-0.3, -0.25) is 28.7 Å². The van der Waals surface area contributed by atoms with E-state index in [1.165, 1.54) is 4.57 Å². The molecule has 10 nitrogen and oxygen atoms in total. The number of hydrogen-bond acceptors (Lipinski definition) is 7. The lowest BCUT2D eigenvalue weighted by Gasteiger charge is -2.09. The lowest BCUT2D eigenvalue weighted by atomic mass is 10.2. The monoisotopic (exact) mass is 454 g/mol. The van der Waals surface area contributed by atoms with Gasteiger partial charge in [-0.1, -0.05) is 30.0 Å². The first kappa shape index (κ1) is 21.2. The summed E-state index contributed by atoms with van der Waals surface area (Å²) in [5, 5.41) is 22.5. The van der Waals surface area contributed by atoms with Crippen LogP contribution in [0.3, 0.4) is 0 Å². The molecule has 32 heavy (non-hydrogen) atoms. The molecule has 2 heterocycles. The summed E-state index contributed by atoms with van der Waals surface area (Å²) in [6.45, 7) is 3.90. The maximum Gasteiger partial charge on any atom is 0.295 e. The van der Waals surface area contributed by atoms with E-state index in [0.29, 0.717) is 21.8 Å². The molecule has 0 aliphatic carbocycles. The molecule has 0 aliphatic rings. The van der Waals surface area contributed by atoms with Gasteiger partial charge >= 0.3 is 0 Å². The summed E-state index contributed by atoms with van der Waals surface area (Å²) >= 11 is 1.04. The standard InChI is InChI=1S/C20H15FN6O4S/c1-2-9-25-18(29)13-5-3-4-6-15(13)26-19(25)23-24-20(26)32-11-17(28)22-14-8-7-12(21)10-16(14)27(30)31/h2-8,10H,1,9,11H2,(H,22,28). The molecule has 0 unspecified atom stereocenters. The number of hydrogen-bond donors (Lipinski definition) is 1. The van der Waals surface area contributed by atoms with Gasteiger partial charge in [0.05, 0.1) is 27.6 Å². The Labute approximate surface area is 183 Å². The number of fused-ring (bicyclic) bond motifs is 3. The van der Waals surface area contributed by atoms with E-state index in [0.717, 1.165) is 30.0 Å². The van der Waals surface area contributed by atoms with Crippen LogP contribution < -0.4 is 10.9 Å². The van der Waals surface area contributed by atoms with Crippen LogP contribution in [0.1, 0.15) is 0 Å². The fraction of sp³-hybridized carbons (Fsp3) is 0.100. The number of benzene rings is 2. The normalized spacial score (nSPS) is 11.0. The number of halogens is 1. The Morgan fingerprint density at radius 1 is 1.28 bits per heavy atom. The number of anilines is 1. The van der Waals surface area contributed by atoms with Crippen molar-refractivity contribution in [1.29, 1.82) is 0 Å². The number of aromatic nitrogens is 4. The van der Waals surface area contributed by atoms with E-state index in [4.69, 9.17) is 0 Å². The van der Waals surface area contributed by atoms with Crippen LogP contribution in [0.2, 0.25) is 0 Å². The average molecular weight is 454 g/mol. The summed E-state index contributed by atoms with van der Waals surface area (Å²) in [7, 11) is 0. The second-order valence-electron chi connectivity index (χ2n) is 6.59. The summed E-state index contributed by atoms with van der Waals surface area (Å²) in [6, 6.07) is 9.83. The minimum Gasteiger partial charge on any atom is -0.320 e. The van der Waals surface area contributed by atoms with Gasteiger partial charge in [-0.25, -0.2) is 4.39 Å². The fourth-order valence-corrected chi connectivity index (χ4v) is 3.94. The smallest absolute Gasteiger partial charge is 0.295 e. The number of nitrogens with zero attached hydrogens (tertiary/aromatic N) is 5. The van der Waals surface area contributed by atoms with E-state index in [9.17, 15) is 24.1 Å². The summed E-state index contributed by atoms with van der Waals surface area (Å²) < 4.78 is 16.4. The number of carbonyl (C=O) groups is 1. The molecule has 0 fully saturated rings. The molecule has 0 saturated heterocycles. The first-order valence-corrected chi connectivity index (χ1v) is 10.2. The van der Waals surface area contributed by atoms with Gasteiger partial charge in [0.2, 0.25) is 11.7 Å². The molecule has 2 aromatic heterocycles. The quantitative estimate of drug-likeness (QED) is 0.197. The summed E-state index contributed by atoms with van der Waals surface area (Å²) in [4.78, 5) is 35.6. The third-order valence-electron chi connectivity index (χ3n) is 4.55. The number of rotatable bonds is 7. The second-order valence-corrected chi connectivity index (χ2v) is 7.54. The number of amides is 1. The second kappa shape index (κ2) is 8.59. The van der Waals surface area contributed by atoms with Gasteiger partial charge in [0.15, 0.2) is 5.16 Å². The van der Waals surface area contributed by atoms with Crippen molar-refractivity contribution in [3.05, 3.63) is 81.4 Å². The highest BCUT2D eigenvalue weighted by atomic mass is 32.2. The lowest BCUT2D eigenvalue weighted by Crippen LogP contribution is -2.22. The summed E-state index contributed by atoms with van der Waals surface area (Å²) in [6.07, 6.45) is 1.57. The third kappa shape index (κ3) is 3.83. The molecule has 12 heteroatoms. The number of nitrogens with one attached hydrogen (secondary N) is 1. The number of allylic oxidation sites excluding steroid dienone is 1. The largest absolute Gasteiger partial charge is 0.320 e. The van der Waals surface area contributed by atoms with Crippen LogP contribution in [-0.2, 0) is 11.3 Å². The van der Waals surface area contributed by atoms with Gasteiger partial charge in [-0.05, 0) is 24.3 Å². The highest BCUT2D eigenvalue weighted by molar-refractivity contribution is 7.99. The van der Waals surface area contributed by atoms with Crippen molar-refractivity contribution in [3.63, 3.8) is 0 Å². The molecule has 2 aromatic carbocycles. The van der Waals surface area contributed by atoms with Gasteiger partial charge in [0.1, 0.15) is 11.5 Å². The van der Waals surface area contributed by atoms with E-state index < -0.39 is 22.3 Å². The molecule has 0 radical (unpaired) electrons. The minimum atomic E-state index is -0.781. The number of nitro benzene ring substituents is 1. The van der Waals surface area contributed by atoms with Gasteiger partial charge < -0.3 is 5.32 Å². The van der Waals surface area contributed by atoms with Gasteiger partial charge in [-0.2, -0.15) is 0 Å². The van der Waals surface area contributed by atoms with Crippen molar-refractivity contribution in [2.45, 2.75) is 11.7 Å². The molecular formula is C20H15FN6O4S. The Morgan fingerprint density at radius 2 is 2.06 bits per heavy atom. The summed E-state index contributed by atoms with van der Waals surface area (Å²) in [5.74, 6) is -1.18. The van der Waals surface area contributed by atoms with Crippen molar-refractivity contribution in [2.75, 3.05) is 11.1 Å². The van der Waals surface area contributed by atoms with E-state index in [2.05, 4.69) is 22.1 Å². The van der Waals surface area contributed by atoms with Crippen molar-refractivity contribution in [3.8, 4) is 0 Å². The SMILES string of the molecule is C=CCn1c(=O)c2ccccc2n2c(SCC(=O)Nc3ccc(F)cc3[N+](=O)[O-])nnc12. The maximum absolute atomic E-state index is 13.3. The molecule has 4 aromatic rings. The zero-order chi connectivity index (χ0) is 22.8. The van der Waals surface area contributed by atoms with Crippen molar-refractivity contribution in [2.24, 2.45) is 0 Å². The highest BCUT2D eigenvalue weighted by Crippen LogP contribution is 2.26. The molecular weight excluding hydrogens is 439 g/mol. The Hall–Kier alpha value is -4.06. The Morgan fingerprint density at radius 3 is 2.81 bits per heavy atom. The lowest BCUT2D eigenvalue weighted by molar-refractivity contribution is -0.384. The zero-order valence-corrected chi connectivity index (χ0v) is 17.2. The van der Waals surface area contributed by atoms with Crippen LogP contribution >= 0.6 is 11.8 Å². The average Bonchev–Trinajstić information content (AvgIpc) is 3.20. The Bertz CT molecular complexity index is 1450. The first-order chi connectivity index (χ1) is 15.4. The van der Waals surface area contributed by atoms with Crippen LogP contribution in [0.5, 0.6) is 0 Å². The highest BCUT2D eigenvalue weighted by Gasteiger charge is 2.19. The van der Waals surface area contributed by atoms with E-state index in [-0.39, 0.29) is 23.5 Å². The van der Waals surface area contributed by atoms with E-state index in [1.54, 1.807) is 34.7 Å². The van der Waals surface area contributed by atoms with Crippen molar-refractivity contribution < 1.29 is 14.1 Å². The van der Waals surface area contributed by atoms with Crippen molar-refractivity contribution in [1.82, 2.24) is 19.2 Å².